The summed E-state index contributed by atoms with van der Waals surface area (Å²) in [5, 5.41) is 3.84. The zero-order chi connectivity index (χ0) is 11.5. The van der Waals surface area contributed by atoms with Crippen LogP contribution in [0.1, 0.15) is 19.8 Å². The highest BCUT2D eigenvalue weighted by Crippen LogP contribution is 1.98. The molecule has 0 fully saturated rings. The van der Waals surface area contributed by atoms with E-state index in [-0.39, 0.29) is 18.6 Å². The summed E-state index contributed by atoms with van der Waals surface area (Å²) < 4.78 is 9.89. The van der Waals surface area contributed by atoms with Crippen LogP contribution in [0.5, 0.6) is 0 Å². The molecule has 0 radical (unpaired) electrons. The number of carbonyl (C=O) groups excluding carboxylic acids is 1. The second-order valence-electron chi connectivity index (χ2n) is 3.35. The maximum Gasteiger partial charge on any atom is 0.246 e. The average Bonchev–Trinajstić information content (AvgIpc) is 2.21. The molecule has 0 aromatic carbocycles. The normalized spacial score (nSPS) is 12.5. The van der Waals surface area contributed by atoms with Gasteiger partial charge in [0.2, 0.25) is 5.91 Å². The zero-order valence-electron chi connectivity index (χ0n) is 9.42. The Hall–Kier alpha value is -0.130. The molecule has 0 bridgehead atoms. The van der Waals surface area contributed by atoms with Crippen molar-refractivity contribution in [3.05, 3.63) is 0 Å². The number of halogens is 1. The van der Waals surface area contributed by atoms with Gasteiger partial charge >= 0.3 is 0 Å². The molecule has 4 nitrogen and oxygen atoms in total. The Morgan fingerprint density at radius 2 is 2.20 bits per heavy atom. The highest BCUT2D eigenvalue weighted by molar-refractivity contribution is 9.09. The Labute approximate surface area is 99.8 Å². The summed E-state index contributed by atoms with van der Waals surface area (Å²) in [6.45, 7) is 3.09. The number of methoxy groups -OCH3 is 1. The number of nitrogens with one attached hydrogen (secondary N) is 1. The number of amides is 1. The quantitative estimate of drug-likeness (QED) is 0.512. The average molecular weight is 282 g/mol. The van der Waals surface area contributed by atoms with E-state index in [9.17, 15) is 4.79 Å². The number of hydrogen-bond donors (Lipinski definition) is 1. The van der Waals surface area contributed by atoms with Gasteiger partial charge in [-0.1, -0.05) is 15.9 Å². The topological polar surface area (TPSA) is 47.6 Å². The molecule has 0 aromatic heterocycles. The number of rotatable bonds is 9. The van der Waals surface area contributed by atoms with Gasteiger partial charge in [0.15, 0.2) is 0 Å². The van der Waals surface area contributed by atoms with E-state index in [1.165, 1.54) is 0 Å². The van der Waals surface area contributed by atoms with Gasteiger partial charge < -0.3 is 14.8 Å². The van der Waals surface area contributed by atoms with Crippen LogP contribution in [0.15, 0.2) is 0 Å². The van der Waals surface area contributed by atoms with Crippen LogP contribution >= 0.6 is 15.9 Å². The molecule has 0 aliphatic carbocycles. The molecule has 0 spiro atoms. The summed E-state index contributed by atoms with van der Waals surface area (Å²) in [7, 11) is 1.60. The van der Waals surface area contributed by atoms with Gasteiger partial charge in [0.1, 0.15) is 6.61 Å². The highest BCUT2D eigenvalue weighted by atomic mass is 79.9. The van der Waals surface area contributed by atoms with E-state index in [1.807, 2.05) is 6.92 Å². The molecule has 1 N–H and O–H groups in total. The minimum absolute atomic E-state index is 0.0619. The Balaban J connectivity index is 3.38. The van der Waals surface area contributed by atoms with E-state index in [4.69, 9.17) is 9.47 Å². The van der Waals surface area contributed by atoms with Gasteiger partial charge in [-0.25, -0.2) is 0 Å². The van der Waals surface area contributed by atoms with Crippen molar-refractivity contribution in [1.82, 2.24) is 5.32 Å². The van der Waals surface area contributed by atoms with Gasteiger partial charge in [-0.05, 0) is 19.8 Å². The van der Waals surface area contributed by atoms with E-state index < -0.39 is 0 Å². The summed E-state index contributed by atoms with van der Waals surface area (Å²) in [5.41, 5.74) is 0. The van der Waals surface area contributed by atoms with E-state index in [1.54, 1.807) is 7.11 Å². The first kappa shape index (κ1) is 14.9. The van der Waals surface area contributed by atoms with Crippen molar-refractivity contribution in [2.24, 2.45) is 0 Å². The molecule has 90 valence electrons. The van der Waals surface area contributed by atoms with Crippen molar-refractivity contribution in [3.8, 4) is 0 Å². The predicted octanol–water partition coefficient (Wildman–Crippen LogP) is 1.33. The van der Waals surface area contributed by atoms with Gasteiger partial charge in [0.05, 0.1) is 13.2 Å². The van der Waals surface area contributed by atoms with E-state index in [2.05, 4.69) is 21.2 Å². The number of alkyl halides is 1. The van der Waals surface area contributed by atoms with Crippen molar-refractivity contribution in [2.45, 2.75) is 25.8 Å². The summed E-state index contributed by atoms with van der Waals surface area (Å²) in [4.78, 5) is 11.3. The Morgan fingerprint density at radius 1 is 1.47 bits per heavy atom. The third-order valence-corrected chi connectivity index (χ3v) is 2.40. The number of carbonyl (C=O) groups is 1. The number of ether oxygens (including phenoxy) is 2. The second kappa shape index (κ2) is 10.4. The Morgan fingerprint density at radius 3 is 2.80 bits per heavy atom. The minimum Gasteiger partial charge on any atom is -0.382 e. The SMILES string of the molecule is COCCOCC(=O)NC(C)CCCBr. The molecule has 0 aliphatic rings. The lowest BCUT2D eigenvalue weighted by atomic mass is 10.2. The van der Waals surface area contributed by atoms with Gasteiger partial charge in [0.25, 0.3) is 0 Å². The van der Waals surface area contributed by atoms with E-state index in [0.717, 1.165) is 18.2 Å². The zero-order valence-corrected chi connectivity index (χ0v) is 11.0. The lowest BCUT2D eigenvalue weighted by molar-refractivity contribution is -0.126. The predicted molar refractivity (Wildman–Crippen MR) is 63.3 cm³/mol. The minimum atomic E-state index is -0.0619. The molecule has 5 heteroatoms. The molecule has 0 aliphatic heterocycles. The third kappa shape index (κ3) is 10.2. The van der Waals surface area contributed by atoms with Crippen molar-refractivity contribution in [3.63, 3.8) is 0 Å². The Bertz CT molecular complexity index is 167. The number of hydrogen-bond acceptors (Lipinski definition) is 3. The molecule has 1 unspecified atom stereocenters. The molecule has 1 atom stereocenters. The van der Waals surface area contributed by atoms with Crippen molar-refractivity contribution >= 4 is 21.8 Å². The highest BCUT2D eigenvalue weighted by Gasteiger charge is 2.06. The van der Waals surface area contributed by atoms with Crippen molar-refractivity contribution in [1.29, 1.82) is 0 Å². The summed E-state index contributed by atoms with van der Waals surface area (Å²) in [6, 6.07) is 0.209. The fraction of sp³-hybridized carbons (Fsp3) is 0.900. The van der Waals surface area contributed by atoms with Crippen LogP contribution in [-0.4, -0.2) is 44.2 Å². The fourth-order valence-electron chi connectivity index (χ4n) is 1.08. The lowest BCUT2D eigenvalue weighted by Gasteiger charge is -2.13. The lowest BCUT2D eigenvalue weighted by Crippen LogP contribution is -2.35. The van der Waals surface area contributed by atoms with Crippen LogP contribution in [0.2, 0.25) is 0 Å². The molecule has 0 saturated carbocycles. The fourth-order valence-corrected chi connectivity index (χ4v) is 1.40. The molecule has 0 heterocycles. The van der Waals surface area contributed by atoms with Crippen molar-refractivity contribution < 1.29 is 14.3 Å². The molecule has 0 saturated heterocycles. The van der Waals surface area contributed by atoms with Crippen LogP contribution in [0.3, 0.4) is 0 Å². The summed E-state index contributed by atoms with van der Waals surface area (Å²) in [6.07, 6.45) is 2.04. The molecular formula is C10H20BrNO3. The monoisotopic (exact) mass is 281 g/mol. The largest absolute Gasteiger partial charge is 0.382 e. The van der Waals surface area contributed by atoms with Crippen LogP contribution in [-0.2, 0) is 14.3 Å². The molecule has 0 aromatic rings. The summed E-state index contributed by atoms with van der Waals surface area (Å²) in [5.74, 6) is -0.0619. The first-order valence-electron chi connectivity index (χ1n) is 5.12. The maximum absolute atomic E-state index is 11.3. The molecule has 1 amide bonds. The van der Waals surface area contributed by atoms with E-state index >= 15 is 0 Å². The van der Waals surface area contributed by atoms with Gasteiger partial charge in [-0.2, -0.15) is 0 Å². The summed E-state index contributed by atoms with van der Waals surface area (Å²) >= 11 is 3.35. The van der Waals surface area contributed by atoms with Gasteiger partial charge in [-0.3, -0.25) is 4.79 Å². The van der Waals surface area contributed by atoms with Crippen LogP contribution in [0, 0.1) is 0 Å². The second-order valence-corrected chi connectivity index (χ2v) is 4.14. The van der Waals surface area contributed by atoms with Gasteiger partial charge in [0, 0.05) is 18.5 Å². The molecule has 15 heavy (non-hydrogen) atoms. The van der Waals surface area contributed by atoms with Crippen molar-refractivity contribution in [2.75, 3.05) is 32.3 Å². The van der Waals surface area contributed by atoms with Crippen LogP contribution in [0.4, 0.5) is 0 Å². The molecule has 0 rings (SSSR count). The maximum atomic E-state index is 11.3. The third-order valence-electron chi connectivity index (χ3n) is 1.84. The first-order chi connectivity index (χ1) is 7.20. The van der Waals surface area contributed by atoms with Crippen LogP contribution in [0.25, 0.3) is 0 Å². The first-order valence-corrected chi connectivity index (χ1v) is 6.24. The standard InChI is InChI=1S/C10H20BrNO3/c1-9(4-3-5-11)12-10(13)8-15-7-6-14-2/h9H,3-8H2,1-2H3,(H,12,13). The van der Waals surface area contributed by atoms with Gasteiger partial charge in [-0.15, -0.1) is 0 Å². The Kier molecular flexibility index (Phi) is 10.3. The van der Waals surface area contributed by atoms with Crippen LogP contribution < -0.4 is 5.32 Å². The van der Waals surface area contributed by atoms with E-state index in [0.29, 0.717) is 13.2 Å². The smallest absolute Gasteiger partial charge is 0.246 e. The molecular weight excluding hydrogens is 262 g/mol.